The Hall–Kier alpha value is -2.33. The van der Waals surface area contributed by atoms with Gasteiger partial charge in [-0.2, -0.15) is 0 Å². The number of phenols is 1. The van der Waals surface area contributed by atoms with Gasteiger partial charge in [0.05, 0.1) is 6.54 Å². The molecule has 0 bridgehead atoms. The lowest BCUT2D eigenvalue weighted by Crippen LogP contribution is -2.20. The summed E-state index contributed by atoms with van der Waals surface area (Å²) in [4.78, 5) is 11.3. The van der Waals surface area contributed by atoms with Gasteiger partial charge in [-0.15, -0.1) is 0 Å². The number of carbonyl (C=O) groups is 1. The molecule has 0 aromatic heterocycles. The van der Waals surface area contributed by atoms with Gasteiger partial charge in [0, 0.05) is 0 Å². The van der Waals surface area contributed by atoms with Crippen molar-refractivity contribution in [1.29, 1.82) is 0 Å². The molecule has 4 nitrogen and oxygen atoms in total. The third kappa shape index (κ3) is 4.83. The third-order valence-corrected chi connectivity index (χ3v) is 4.39. The molecule has 0 unspecified atom stereocenters. The highest BCUT2D eigenvalue weighted by Gasteiger charge is 2.11. The number of phenolic OH excluding ortho intramolecular Hbond substituents is 1. The summed E-state index contributed by atoms with van der Waals surface area (Å²) in [6, 6.07) is 9.71. The molecule has 0 aliphatic carbocycles. The number of nitrogens with two attached hydrogens (primary N) is 1. The Morgan fingerprint density at radius 2 is 1.80 bits per heavy atom. The molecule has 0 heterocycles. The lowest BCUT2D eigenvalue weighted by atomic mass is 9.93. The minimum absolute atomic E-state index is 0.00440. The van der Waals surface area contributed by atoms with Crippen molar-refractivity contribution in [2.75, 3.05) is 13.2 Å². The molecule has 0 spiro atoms. The van der Waals surface area contributed by atoms with E-state index in [2.05, 4.69) is 19.9 Å². The van der Waals surface area contributed by atoms with Crippen LogP contribution in [0.5, 0.6) is 11.5 Å². The summed E-state index contributed by atoms with van der Waals surface area (Å²) in [5, 5.41) is 9.99. The average Bonchev–Trinajstić information content (AvgIpc) is 2.57. The Balaban J connectivity index is 2.23. The van der Waals surface area contributed by atoms with Crippen molar-refractivity contribution < 1.29 is 14.6 Å². The molecule has 0 radical (unpaired) electrons. The quantitative estimate of drug-likeness (QED) is 0.806. The van der Waals surface area contributed by atoms with Crippen molar-refractivity contribution >= 4 is 5.78 Å². The number of benzene rings is 2. The maximum absolute atomic E-state index is 11.3. The van der Waals surface area contributed by atoms with Gasteiger partial charge in [-0.1, -0.05) is 26.0 Å². The predicted molar refractivity (Wildman–Crippen MR) is 100 cm³/mol. The van der Waals surface area contributed by atoms with Crippen LogP contribution < -0.4 is 10.5 Å². The Morgan fingerprint density at radius 3 is 2.36 bits per heavy atom. The Labute approximate surface area is 149 Å². The Kier molecular flexibility index (Phi) is 6.21. The van der Waals surface area contributed by atoms with E-state index in [9.17, 15) is 9.90 Å². The second-order valence-corrected chi connectivity index (χ2v) is 6.79. The number of ether oxygens (including phenoxy) is 1. The lowest BCUT2D eigenvalue weighted by Gasteiger charge is -2.15. The van der Waals surface area contributed by atoms with Gasteiger partial charge in [0.25, 0.3) is 0 Å². The van der Waals surface area contributed by atoms with Gasteiger partial charge in [-0.05, 0) is 72.2 Å². The molecule has 2 aromatic carbocycles. The first-order chi connectivity index (χ1) is 11.8. The number of carbonyl (C=O) groups excluding carboxylic acids is 1. The highest BCUT2D eigenvalue weighted by Crippen LogP contribution is 2.29. The SMILES string of the molecule is Cc1cc(OCC(=O)CN)cc(C)c1Cc1ccc(O)c(C(C)C)c1. The van der Waals surface area contributed by atoms with E-state index in [-0.39, 0.29) is 24.9 Å². The standard InChI is InChI=1S/C21H27NO3/c1-13(2)19-9-16(5-6-21(19)24)10-20-14(3)7-18(8-15(20)4)25-12-17(23)11-22/h5-9,13,24H,10-12,22H2,1-4H3. The van der Waals surface area contributed by atoms with E-state index in [1.165, 1.54) is 11.1 Å². The molecule has 3 N–H and O–H groups in total. The summed E-state index contributed by atoms with van der Waals surface area (Å²) in [5.41, 5.74) is 10.9. The third-order valence-electron chi connectivity index (χ3n) is 4.39. The molecule has 134 valence electrons. The molecule has 0 aliphatic heterocycles. The van der Waals surface area contributed by atoms with Crippen molar-refractivity contribution in [3.8, 4) is 11.5 Å². The Morgan fingerprint density at radius 1 is 1.16 bits per heavy atom. The van der Waals surface area contributed by atoms with Gasteiger partial charge >= 0.3 is 0 Å². The molecule has 0 saturated heterocycles. The summed E-state index contributed by atoms with van der Waals surface area (Å²) in [5.74, 6) is 1.19. The van der Waals surface area contributed by atoms with E-state index in [4.69, 9.17) is 10.5 Å². The number of Topliss-reactive ketones (excluding diaryl/α,β-unsaturated/α-hetero) is 1. The van der Waals surface area contributed by atoms with Crippen LogP contribution in [0.1, 0.15) is 47.6 Å². The molecule has 4 heteroatoms. The minimum Gasteiger partial charge on any atom is -0.508 e. The number of aromatic hydroxyl groups is 1. The Bertz CT molecular complexity index is 743. The predicted octanol–water partition coefficient (Wildman–Crippen LogP) is 3.63. The van der Waals surface area contributed by atoms with E-state index in [1.54, 1.807) is 6.07 Å². The second kappa shape index (κ2) is 8.17. The van der Waals surface area contributed by atoms with Crippen molar-refractivity contribution in [3.05, 3.63) is 58.1 Å². The van der Waals surface area contributed by atoms with Gasteiger partial charge in [-0.3, -0.25) is 4.79 Å². The van der Waals surface area contributed by atoms with Crippen LogP contribution in [-0.2, 0) is 11.2 Å². The fourth-order valence-electron chi connectivity index (χ4n) is 2.92. The highest BCUT2D eigenvalue weighted by molar-refractivity contribution is 5.81. The number of aryl methyl sites for hydroxylation is 2. The summed E-state index contributed by atoms with van der Waals surface area (Å²) in [6.45, 7) is 8.24. The summed E-state index contributed by atoms with van der Waals surface area (Å²) in [7, 11) is 0. The van der Waals surface area contributed by atoms with Crippen molar-refractivity contribution in [1.82, 2.24) is 0 Å². The van der Waals surface area contributed by atoms with E-state index in [1.807, 2.05) is 32.0 Å². The fourth-order valence-corrected chi connectivity index (χ4v) is 2.92. The minimum atomic E-state index is -0.121. The number of rotatable bonds is 7. The van der Waals surface area contributed by atoms with Crippen LogP contribution in [0, 0.1) is 13.8 Å². The monoisotopic (exact) mass is 341 g/mol. The molecular formula is C21H27NO3. The summed E-state index contributed by atoms with van der Waals surface area (Å²) >= 11 is 0. The molecular weight excluding hydrogens is 314 g/mol. The van der Waals surface area contributed by atoms with Crippen LogP contribution in [-0.4, -0.2) is 24.0 Å². The van der Waals surface area contributed by atoms with Gasteiger partial charge in [-0.25, -0.2) is 0 Å². The van der Waals surface area contributed by atoms with Crippen molar-refractivity contribution in [2.24, 2.45) is 5.73 Å². The smallest absolute Gasteiger partial charge is 0.183 e. The van der Waals surface area contributed by atoms with E-state index >= 15 is 0 Å². The summed E-state index contributed by atoms with van der Waals surface area (Å²) < 4.78 is 5.53. The maximum Gasteiger partial charge on any atom is 0.183 e. The number of hydrogen-bond acceptors (Lipinski definition) is 4. The lowest BCUT2D eigenvalue weighted by molar-refractivity contribution is -0.119. The van der Waals surface area contributed by atoms with Gasteiger partial charge in [0.2, 0.25) is 0 Å². The zero-order chi connectivity index (χ0) is 18.6. The van der Waals surface area contributed by atoms with Gasteiger partial charge in [0.1, 0.15) is 18.1 Å². The fraction of sp³-hybridized carbons (Fsp3) is 0.381. The molecule has 0 saturated carbocycles. The van der Waals surface area contributed by atoms with Crippen LogP contribution in [0.3, 0.4) is 0 Å². The van der Waals surface area contributed by atoms with E-state index in [0.717, 1.165) is 23.1 Å². The maximum atomic E-state index is 11.3. The first-order valence-electron chi connectivity index (χ1n) is 8.58. The van der Waals surface area contributed by atoms with Crippen LogP contribution >= 0.6 is 0 Å². The first kappa shape index (κ1) is 19.0. The molecule has 0 atom stereocenters. The topological polar surface area (TPSA) is 72.5 Å². The van der Waals surface area contributed by atoms with Crippen molar-refractivity contribution in [3.63, 3.8) is 0 Å². The van der Waals surface area contributed by atoms with Crippen LogP contribution in [0.4, 0.5) is 0 Å². The summed E-state index contributed by atoms with van der Waals surface area (Å²) in [6.07, 6.45) is 0.791. The van der Waals surface area contributed by atoms with Crippen LogP contribution in [0.15, 0.2) is 30.3 Å². The normalized spacial score (nSPS) is 11.0. The molecule has 0 amide bonds. The average molecular weight is 341 g/mol. The van der Waals surface area contributed by atoms with E-state index in [0.29, 0.717) is 11.5 Å². The van der Waals surface area contributed by atoms with Crippen LogP contribution in [0.2, 0.25) is 0 Å². The highest BCUT2D eigenvalue weighted by atomic mass is 16.5. The molecule has 0 aliphatic rings. The zero-order valence-electron chi connectivity index (χ0n) is 15.4. The molecule has 25 heavy (non-hydrogen) atoms. The van der Waals surface area contributed by atoms with Crippen molar-refractivity contribution in [2.45, 2.75) is 40.0 Å². The largest absolute Gasteiger partial charge is 0.508 e. The molecule has 2 aromatic rings. The second-order valence-electron chi connectivity index (χ2n) is 6.79. The van der Waals surface area contributed by atoms with Crippen LogP contribution in [0.25, 0.3) is 0 Å². The van der Waals surface area contributed by atoms with E-state index < -0.39 is 0 Å². The first-order valence-corrected chi connectivity index (χ1v) is 8.58. The van der Waals surface area contributed by atoms with Gasteiger partial charge < -0.3 is 15.6 Å². The van der Waals surface area contributed by atoms with Gasteiger partial charge in [0.15, 0.2) is 5.78 Å². The molecule has 2 rings (SSSR count). The molecule has 0 fully saturated rings. The number of ketones is 1. The number of hydrogen-bond donors (Lipinski definition) is 2. The zero-order valence-corrected chi connectivity index (χ0v) is 15.4.